The summed E-state index contributed by atoms with van der Waals surface area (Å²) in [6, 6.07) is 1.63. The van der Waals surface area contributed by atoms with Crippen LogP contribution in [0.3, 0.4) is 0 Å². The van der Waals surface area contributed by atoms with E-state index in [0.29, 0.717) is 11.5 Å². The maximum absolute atomic E-state index is 13.4. The van der Waals surface area contributed by atoms with Crippen LogP contribution < -0.4 is 11.3 Å². The summed E-state index contributed by atoms with van der Waals surface area (Å²) < 4.78 is 13.4. The molecule has 0 bridgehead atoms. The van der Waals surface area contributed by atoms with Crippen LogP contribution in [0.25, 0.3) is 11.5 Å². The number of rotatable bonds is 2. The fraction of sp³-hybridized carbons (Fsp3) is 0.111. The summed E-state index contributed by atoms with van der Waals surface area (Å²) in [5.41, 5.74) is 2.89. The van der Waals surface area contributed by atoms with Gasteiger partial charge in [0.2, 0.25) is 0 Å². The molecule has 0 amide bonds. The largest absolute Gasteiger partial charge is 0.306 e. The molecule has 0 saturated heterocycles. The second kappa shape index (κ2) is 4.15. The van der Waals surface area contributed by atoms with Gasteiger partial charge in [-0.05, 0) is 13.0 Å². The number of nitrogens with zero attached hydrogens (tertiary/aromatic N) is 4. The highest BCUT2D eigenvalue weighted by molar-refractivity contribution is 5.52. The summed E-state index contributed by atoms with van der Waals surface area (Å²) in [6.07, 6.45) is 2.92. The van der Waals surface area contributed by atoms with Gasteiger partial charge >= 0.3 is 0 Å². The Hall–Kier alpha value is -2.15. The lowest BCUT2D eigenvalue weighted by Crippen LogP contribution is -2.13. The zero-order chi connectivity index (χ0) is 11.5. The van der Waals surface area contributed by atoms with Crippen molar-refractivity contribution in [2.24, 2.45) is 5.84 Å². The number of halogens is 1. The van der Waals surface area contributed by atoms with Crippen LogP contribution in [0, 0.1) is 12.7 Å². The SMILES string of the molecule is Cc1nc(-c2ccncn2)nc(NN)c1F. The number of nitrogens with one attached hydrogen (secondary N) is 1. The Bertz CT molecular complexity index is 501. The first-order valence-corrected chi connectivity index (χ1v) is 4.49. The van der Waals surface area contributed by atoms with E-state index < -0.39 is 5.82 Å². The van der Waals surface area contributed by atoms with Crippen molar-refractivity contribution in [1.29, 1.82) is 0 Å². The zero-order valence-electron chi connectivity index (χ0n) is 8.48. The van der Waals surface area contributed by atoms with Crippen molar-refractivity contribution in [3.05, 3.63) is 30.1 Å². The van der Waals surface area contributed by atoms with E-state index >= 15 is 0 Å². The predicted molar refractivity (Wildman–Crippen MR) is 55.6 cm³/mol. The average molecular weight is 220 g/mol. The number of nitrogens with two attached hydrogens (primary N) is 1. The van der Waals surface area contributed by atoms with E-state index in [9.17, 15) is 4.39 Å². The maximum Gasteiger partial charge on any atom is 0.187 e. The molecule has 0 unspecified atom stereocenters. The number of anilines is 1. The molecule has 82 valence electrons. The molecule has 3 N–H and O–H groups in total. The molecule has 2 rings (SSSR count). The Morgan fingerprint density at radius 3 is 2.81 bits per heavy atom. The van der Waals surface area contributed by atoms with Gasteiger partial charge in [-0.15, -0.1) is 0 Å². The minimum absolute atomic E-state index is 0.0545. The number of hydrogen-bond donors (Lipinski definition) is 2. The van der Waals surface area contributed by atoms with Crippen LogP contribution in [0.5, 0.6) is 0 Å². The number of hydrogen-bond acceptors (Lipinski definition) is 6. The van der Waals surface area contributed by atoms with Crippen molar-refractivity contribution in [2.45, 2.75) is 6.92 Å². The third-order valence-corrected chi connectivity index (χ3v) is 1.96. The highest BCUT2D eigenvalue weighted by Gasteiger charge is 2.12. The molecule has 2 aromatic rings. The smallest absolute Gasteiger partial charge is 0.187 e. The lowest BCUT2D eigenvalue weighted by Gasteiger charge is -2.06. The van der Waals surface area contributed by atoms with Crippen LogP contribution >= 0.6 is 0 Å². The molecule has 2 aromatic heterocycles. The molecule has 0 aromatic carbocycles. The van der Waals surface area contributed by atoms with Gasteiger partial charge in [-0.3, -0.25) is 0 Å². The van der Waals surface area contributed by atoms with Crippen molar-refractivity contribution in [3.8, 4) is 11.5 Å². The molecule has 16 heavy (non-hydrogen) atoms. The quantitative estimate of drug-likeness (QED) is 0.571. The van der Waals surface area contributed by atoms with E-state index in [0.717, 1.165) is 0 Å². The summed E-state index contributed by atoms with van der Waals surface area (Å²) in [5.74, 6) is 4.83. The topological polar surface area (TPSA) is 89.6 Å². The molecule has 2 heterocycles. The molecule has 0 aliphatic carbocycles. The van der Waals surface area contributed by atoms with E-state index in [1.165, 1.54) is 13.3 Å². The first-order valence-electron chi connectivity index (χ1n) is 4.49. The molecule has 0 spiro atoms. The maximum atomic E-state index is 13.4. The summed E-state index contributed by atoms with van der Waals surface area (Å²) >= 11 is 0. The minimum atomic E-state index is -0.569. The minimum Gasteiger partial charge on any atom is -0.306 e. The van der Waals surface area contributed by atoms with Gasteiger partial charge in [-0.25, -0.2) is 30.2 Å². The van der Waals surface area contributed by atoms with Gasteiger partial charge < -0.3 is 5.43 Å². The molecular weight excluding hydrogens is 211 g/mol. The second-order valence-corrected chi connectivity index (χ2v) is 3.03. The monoisotopic (exact) mass is 220 g/mol. The molecule has 6 nitrogen and oxygen atoms in total. The molecule has 0 radical (unpaired) electrons. The van der Waals surface area contributed by atoms with Crippen LogP contribution in [0.2, 0.25) is 0 Å². The Labute approximate surface area is 90.8 Å². The lowest BCUT2D eigenvalue weighted by atomic mass is 10.3. The standard InChI is InChI=1S/C9H9FN6/c1-5-7(10)9(16-11)15-8(14-5)6-2-3-12-4-13-6/h2-4H,11H2,1H3,(H,14,15,16). The number of aromatic nitrogens is 4. The van der Waals surface area contributed by atoms with E-state index in [2.05, 4.69) is 25.4 Å². The van der Waals surface area contributed by atoms with Gasteiger partial charge in [0.1, 0.15) is 12.0 Å². The van der Waals surface area contributed by atoms with E-state index in [4.69, 9.17) is 5.84 Å². The Morgan fingerprint density at radius 2 is 2.19 bits per heavy atom. The third-order valence-electron chi connectivity index (χ3n) is 1.96. The Kier molecular flexibility index (Phi) is 2.69. The third kappa shape index (κ3) is 1.80. The van der Waals surface area contributed by atoms with Crippen molar-refractivity contribution < 1.29 is 4.39 Å². The Balaban J connectivity index is 2.55. The summed E-state index contributed by atoms with van der Waals surface area (Å²) in [4.78, 5) is 15.6. The van der Waals surface area contributed by atoms with Crippen LogP contribution in [0.4, 0.5) is 10.2 Å². The normalized spacial score (nSPS) is 10.2. The average Bonchev–Trinajstić information content (AvgIpc) is 2.33. The van der Waals surface area contributed by atoms with E-state index in [-0.39, 0.29) is 11.5 Å². The Morgan fingerprint density at radius 1 is 1.38 bits per heavy atom. The van der Waals surface area contributed by atoms with Crippen LogP contribution in [-0.2, 0) is 0 Å². The van der Waals surface area contributed by atoms with Crippen molar-refractivity contribution in [2.75, 3.05) is 5.43 Å². The fourth-order valence-electron chi connectivity index (χ4n) is 1.19. The van der Waals surface area contributed by atoms with Gasteiger partial charge in [-0.1, -0.05) is 0 Å². The number of nitrogen functional groups attached to an aromatic ring is 1. The van der Waals surface area contributed by atoms with E-state index in [1.54, 1.807) is 12.3 Å². The molecule has 0 fully saturated rings. The van der Waals surface area contributed by atoms with E-state index in [1.807, 2.05) is 0 Å². The van der Waals surface area contributed by atoms with Gasteiger partial charge in [0.15, 0.2) is 17.5 Å². The fourth-order valence-corrected chi connectivity index (χ4v) is 1.19. The molecule has 0 aliphatic heterocycles. The van der Waals surface area contributed by atoms with Gasteiger partial charge in [0.25, 0.3) is 0 Å². The number of hydrazine groups is 1. The summed E-state index contributed by atoms with van der Waals surface area (Å²) in [7, 11) is 0. The molecule has 0 aliphatic rings. The van der Waals surface area contributed by atoms with Gasteiger partial charge in [0.05, 0.1) is 5.69 Å². The second-order valence-electron chi connectivity index (χ2n) is 3.03. The van der Waals surface area contributed by atoms with Crippen LogP contribution in [0.1, 0.15) is 5.69 Å². The number of aryl methyl sites for hydroxylation is 1. The molecular formula is C9H9FN6. The zero-order valence-corrected chi connectivity index (χ0v) is 8.48. The predicted octanol–water partition coefficient (Wildman–Crippen LogP) is 0.667. The van der Waals surface area contributed by atoms with Crippen molar-refractivity contribution in [3.63, 3.8) is 0 Å². The lowest BCUT2D eigenvalue weighted by molar-refractivity contribution is 0.606. The first-order chi connectivity index (χ1) is 7.72. The highest BCUT2D eigenvalue weighted by atomic mass is 19.1. The molecule has 0 saturated carbocycles. The van der Waals surface area contributed by atoms with Crippen molar-refractivity contribution >= 4 is 5.82 Å². The summed E-state index contributed by atoms with van der Waals surface area (Å²) in [6.45, 7) is 1.53. The summed E-state index contributed by atoms with van der Waals surface area (Å²) in [5, 5.41) is 0. The van der Waals surface area contributed by atoms with Gasteiger partial charge in [0, 0.05) is 6.20 Å². The van der Waals surface area contributed by atoms with Crippen LogP contribution in [-0.4, -0.2) is 19.9 Å². The van der Waals surface area contributed by atoms with Gasteiger partial charge in [-0.2, -0.15) is 0 Å². The molecule has 0 atom stereocenters. The first kappa shape index (κ1) is 10.4. The highest BCUT2D eigenvalue weighted by Crippen LogP contribution is 2.18. The molecule has 7 heteroatoms. The van der Waals surface area contributed by atoms with Crippen LogP contribution in [0.15, 0.2) is 18.6 Å². The van der Waals surface area contributed by atoms with Crippen molar-refractivity contribution in [1.82, 2.24) is 19.9 Å².